The van der Waals surface area contributed by atoms with E-state index in [1.54, 1.807) is 44.2 Å². The smallest absolute Gasteiger partial charge is 0.272 e. The molecule has 1 amide bonds. The summed E-state index contributed by atoms with van der Waals surface area (Å²) in [6.07, 6.45) is 3.92. The monoisotopic (exact) mass is 487 g/mol. The summed E-state index contributed by atoms with van der Waals surface area (Å²) in [5.41, 5.74) is 5.68. The number of fused-ring (bicyclic) bond motifs is 3. The second-order valence-corrected chi connectivity index (χ2v) is 11.3. The molecule has 5 nitrogen and oxygen atoms in total. The second-order valence-electron chi connectivity index (χ2n) is 9.56. The molecule has 0 saturated heterocycles. The fraction of sp³-hybridized carbons (Fsp3) is 0.276. The van der Waals surface area contributed by atoms with Crippen molar-refractivity contribution in [3.8, 4) is 0 Å². The minimum atomic E-state index is -4.21. The summed E-state index contributed by atoms with van der Waals surface area (Å²) in [7, 11) is -4.21. The van der Waals surface area contributed by atoms with E-state index in [0.29, 0.717) is 22.4 Å². The first kappa shape index (κ1) is 23.4. The van der Waals surface area contributed by atoms with Crippen molar-refractivity contribution in [2.75, 3.05) is 4.31 Å². The molecular formula is C29H29NO4S. The van der Waals surface area contributed by atoms with Crippen molar-refractivity contribution in [1.82, 2.24) is 0 Å². The average molecular weight is 488 g/mol. The van der Waals surface area contributed by atoms with E-state index < -0.39 is 15.9 Å². The number of anilines is 1. The van der Waals surface area contributed by atoms with Gasteiger partial charge in [-0.25, -0.2) is 8.42 Å². The SMILES string of the molecule is Cc1ccc(C(=O)N(c2ccc3oc4c(c3c2)CCCC4)S(=O)(=O)c2c(C)cc(C)cc2C)cc1. The predicted molar refractivity (Wildman–Crippen MR) is 139 cm³/mol. The molecule has 0 unspecified atom stereocenters. The Morgan fingerprint density at radius 2 is 1.49 bits per heavy atom. The van der Waals surface area contributed by atoms with E-state index in [0.717, 1.165) is 63.4 Å². The summed E-state index contributed by atoms with van der Waals surface area (Å²) in [4.78, 5) is 14.0. The van der Waals surface area contributed by atoms with Crippen LogP contribution in [0.15, 0.2) is 63.9 Å². The van der Waals surface area contributed by atoms with Gasteiger partial charge >= 0.3 is 0 Å². The number of rotatable bonds is 4. The second kappa shape index (κ2) is 8.68. The van der Waals surface area contributed by atoms with Crippen LogP contribution in [0.3, 0.4) is 0 Å². The Morgan fingerprint density at radius 1 is 0.829 bits per heavy atom. The molecule has 1 aliphatic carbocycles. The van der Waals surface area contributed by atoms with E-state index in [1.165, 1.54) is 0 Å². The minimum Gasteiger partial charge on any atom is -0.461 e. The lowest BCUT2D eigenvalue weighted by Crippen LogP contribution is -2.37. The summed E-state index contributed by atoms with van der Waals surface area (Å²) >= 11 is 0. The summed E-state index contributed by atoms with van der Waals surface area (Å²) < 4.78 is 35.4. The van der Waals surface area contributed by atoms with Gasteiger partial charge in [-0.1, -0.05) is 35.4 Å². The molecule has 3 aromatic carbocycles. The summed E-state index contributed by atoms with van der Waals surface area (Å²) in [5.74, 6) is 0.383. The molecule has 1 heterocycles. The maximum atomic E-state index is 14.2. The number of hydrogen-bond acceptors (Lipinski definition) is 4. The maximum absolute atomic E-state index is 14.2. The van der Waals surface area contributed by atoms with Gasteiger partial charge in [0.25, 0.3) is 15.9 Å². The fourth-order valence-corrected chi connectivity index (χ4v) is 7.05. The molecule has 1 aliphatic rings. The highest BCUT2D eigenvalue weighted by atomic mass is 32.2. The zero-order valence-corrected chi connectivity index (χ0v) is 21.3. The van der Waals surface area contributed by atoms with Gasteiger partial charge in [-0.15, -0.1) is 0 Å². The standard InChI is InChI=1S/C29H29NO4S/c1-18-9-11-22(12-10-18)29(31)30(35(32,33)28-20(3)15-19(2)16-21(28)4)23-13-14-27-25(17-23)24-7-5-6-8-26(24)34-27/h9-17H,5-8H2,1-4H3. The van der Waals surface area contributed by atoms with E-state index in [4.69, 9.17) is 4.42 Å². The van der Waals surface area contributed by atoms with Gasteiger partial charge in [-0.2, -0.15) is 4.31 Å². The fourth-order valence-electron chi connectivity index (χ4n) is 5.22. The number of furan rings is 1. The third-order valence-corrected chi connectivity index (χ3v) is 8.78. The number of aryl methyl sites for hydroxylation is 6. The van der Waals surface area contributed by atoms with Gasteiger partial charge in [0.05, 0.1) is 10.6 Å². The summed E-state index contributed by atoms with van der Waals surface area (Å²) in [6, 6.07) is 15.9. The molecule has 4 aromatic rings. The molecule has 0 aliphatic heterocycles. The Labute approximate surface area is 206 Å². The lowest BCUT2D eigenvalue weighted by Gasteiger charge is -2.25. The number of sulfonamides is 1. The highest BCUT2D eigenvalue weighted by Gasteiger charge is 2.35. The molecule has 0 atom stereocenters. The number of nitrogens with zero attached hydrogens (tertiary/aromatic N) is 1. The number of amides is 1. The summed E-state index contributed by atoms with van der Waals surface area (Å²) in [5, 5.41) is 0.881. The highest BCUT2D eigenvalue weighted by molar-refractivity contribution is 7.93. The van der Waals surface area contributed by atoms with Crippen molar-refractivity contribution in [2.45, 2.75) is 58.3 Å². The van der Waals surface area contributed by atoms with Crippen LogP contribution in [0, 0.1) is 27.7 Å². The molecule has 0 bridgehead atoms. The number of carbonyl (C=O) groups is 1. The van der Waals surface area contributed by atoms with Gasteiger partial charge in [-0.3, -0.25) is 4.79 Å². The normalized spacial score (nSPS) is 13.6. The third kappa shape index (κ3) is 4.06. The van der Waals surface area contributed by atoms with E-state index in [9.17, 15) is 13.2 Å². The number of carbonyl (C=O) groups excluding carboxylic acids is 1. The Bertz CT molecular complexity index is 1540. The quantitative estimate of drug-likeness (QED) is 0.326. The van der Waals surface area contributed by atoms with Gasteiger partial charge < -0.3 is 4.42 Å². The molecule has 35 heavy (non-hydrogen) atoms. The molecule has 6 heteroatoms. The predicted octanol–water partition coefficient (Wildman–Crippen LogP) is 6.58. The minimum absolute atomic E-state index is 0.165. The van der Waals surface area contributed by atoms with Crippen molar-refractivity contribution in [2.24, 2.45) is 0 Å². The Kier molecular flexibility index (Phi) is 5.80. The molecule has 1 aromatic heterocycles. The molecule has 0 saturated carbocycles. The maximum Gasteiger partial charge on any atom is 0.272 e. The van der Waals surface area contributed by atoms with Gasteiger partial charge in [-0.05, 0) is 88.4 Å². The van der Waals surface area contributed by atoms with Crippen LogP contribution in [0.25, 0.3) is 11.0 Å². The largest absolute Gasteiger partial charge is 0.461 e. The Balaban J connectivity index is 1.73. The van der Waals surface area contributed by atoms with Crippen molar-refractivity contribution >= 4 is 32.6 Å². The van der Waals surface area contributed by atoms with E-state index in [1.807, 2.05) is 38.1 Å². The highest BCUT2D eigenvalue weighted by Crippen LogP contribution is 2.37. The van der Waals surface area contributed by atoms with E-state index in [-0.39, 0.29) is 4.90 Å². The third-order valence-electron chi connectivity index (χ3n) is 6.76. The van der Waals surface area contributed by atoms with Gasteiger partial charge in [0.2, 0.25) is 0 Å². The van der Waals surface area contributed by atoms with E-state index in [2.05, 4.69) is 0 Å². The molecule has 0 spiro atoms. The molecule has 0 N–H and O–H groups in total. The van der Waals surface area contributed by atoms with Crippen LogP contribution >= 0.6 is 0 Å². The number of hydrogen-bond donors (Lipinski definition) is 0. The van der Waals surface area contributed by atoms with Crippen LogP contribution in [0.5, 0.6) is 0 Å². The van der Waals surface area contributed by atoms with Crippen LogP contribution in [0.1, 0.15) is 56.8 Å². The first-order valence-corrected chi connectivity index (χ1v) is 13.4. The molecule has 5 rings (SSSR count). The van der Waals surface area contributed by atoms with Crippen molar-refractivity contribution < 1.29 is 17.6 Å². The molecule has 0 fully saturated rings. The first-order chi connectivity index (χ1) is 16.7. The lowest BCUT2D eigenvalue weighted by atomic mass is 9.96. The topological polar surface area (TPSA) is 67.6 Å². The van der Waals surface area contributed by atoms with Crippen LogP contribution < -0.4 is 4.31 Å². The van der Waals surface area contributed by atoms with Crippen LogP contribution in [-0.2, 0) is 22.9 Å². The molecule has 180 valence electrons. The zero-order chi connectivity index (χ0) is 24.9. The lowest BCUT2D eigenvalue weighted by molar-refractivity contribution is 0.101. The van der Waals surface area contributed by atoms with Crippen LogP contribution in [0.4, 0.5) is 5.69 Å². The van der Waals surface area contributed by atoms with Crippen LogP contribution in [0.2, 0.25) is 0 Å². The van der Waals surface area contributed by atoms with Gasteiger partial charge in [0, 0.05) is 22.9 Å². The molecular weight excluding hydrogens is 458 g/mol. The van der Waals surface area contributed by atoms with E-state index >= 15 is 0 Å². The van der Waals surface area contributed by atoms with Gasteiger partial charge in [0.1, 0.15) is 11.3 Å². The average Bonchev–Trinajstić information content (AvgIpc) is 3.16. The Hall–Kier alpha value is -3.38. The van der Waals surface area contributed by atoms with Crippen molar-refractivity contribution in [3.63, 3.8) is 0 Å². The summed E-state index contributed by atoms with van der Waals surface area (Å²) in [6.45, 7) is 7.41. The molecule has 0 radical (unpaired) electrons. The zero-order valence-electron chi connectivity index (χ0n) is 20.5. The van der Waals surface area contributed by atoms with Crippen molar-refractivity contribution in [3.05, 3.63) is 93.7 Å². The Morgan fingerprint density at radius 3 is 2.17 bits per heavy atom. The first-order valence-electron chi connectivity index (χ1n) is 12.0. The van der Waals surface area contributed by atoms with Crippen LogP contribution in [-0.4, -0.2) is 14.3 Å². The van der Waals surface area contributed by atoms with Gasteiger partial charge in [0.15, 0.2) is 0 Å². The number of benzene rings is 3. The van der Waals surface area contributed by atoms with Crippen molar-refractivity contribution in [1.29, 1.82) is 0 Å².